The molecule has 10 nitrogen and oxygen atoms in total. The predicted octanol–water partition coefficient (Wildman–Crippen LogP) is 4.62. The minimum atomic E-state index is -4.74. The maximum absolute atomic E-state index is 14.1. The van der Waals surface area contributed by atoms with Crippen LogP contribution in [0.25, 0.3) is 5.65 Å². The van der Waals surface area contributed by atoms with Crippen molar-refractivity contribution in [2.45, 2.75) is 62.2 Å². The first-order valence-corrected chi connectivity index (χ1v) is 14.7. The molecule has 1 fully saturated rings. The molecule has 1 saturated carbocycles. The van der Waals surface area contributed by atoms with Crippen LogP contribution >= 0.6 is 0 Å². The van der Waals surface area contributed by atoms with Crippen molar-refractivity contribution in [3.8, 4) is 5.88 Å². The number of pyridine rings is 2. The number of fused-ring (bicyclic) bond motifs is 2. The second-order valence-electron chi connectivity index (χ2n) is 11.0. The third-order valence-electron chi connectivity index (χ3n) is 7.99. The molecule has 1 aliphatic carbocycles. The smallest absolute Gasteiger partial charge is 0.452 e. The highest BCUT2D eigenvalue weighted by Gasteiger charge is 2.52. The molecule has 3 aromatic heterocycles. The molecule has 1 atom stereocenters. The number of alkyl halides is 3. The van der Waals surface area contributed by atoms with Crippen LogP contribution < -0.4 is 4.74 Å². The van der Waals surface area contributed by atoms with Gasteiger partial charge in [0.25, 0.3) is 0 Å². The highest BCUT2D eigenvalue weighted by molar-refractivity contribution is 7.89. The molecule has 2 aliphatic rings. The molecule has 0 radical (unpaired) electrons. The molecule has 1 aliphatic heterocycles. The number of sulfonamides is 1. The molecule has 43 heavy (non-hydrogen) atoms. The van der Waals surface area contributed by atoms with E-state index in [1.165, 1.54) is 10.4 Å². The van der Waals surface area contributed by atoms with Gasteiger partial charge in [-0.05, 0) is 60.6 Å². The minimum absolute atomic E-state index is 0.0136. The third-order valence-corrected chi connectivity index (χ3v) is 9.77. The first-order valence-electron chi connectivity index (χ1n) is 13.3. The normalized spacial score (nSPS) is 18.2. The lowest BCUT2D eigenvalue weighted by Crippen LogP contribution is -2.38. The topological polar surface area (TPSA) is 127 Å². The minimum Gasteiger partial charge on any atom is -0.481 e. The number of benzene rings is 1. The van der Waals surface area contributed by atoms with Crippen molar-refractivity contribution in [3.05, 3.63) is 82.2 Å². The number of carboxylic acid groups (broad SMARTS) is 1. The number of hydrogen-bond acceptors (Lipinski definition) is 7. The molecule has 0 saturated heterocycles. The van der Waals surface area contributed by atoms with E-state index in [2.05, 4.69) is 15.2 Å². The number of nitrogens with zero attached hydrogens (tertiary/aromatic N) is 5. The summed E-state index contributed by atoms with van der Waals surface area (Å²) in [5, 5.41) is 16.8. The zero-order chi connectivity index (χ0) is 30.9. The van der Waals surface area contributed by atoms with Crippen LogP contribution in [-0.4, -0.2) is 55.5 Å². The summed E-state index contributed by atoms with van der Waals surface area (Å²) in [6.07, 6.45) is -1.88. The fraction of sp³-hybridized carbons (Fsp3) is 0.357. The van der Waals surface area contributed by atoms with Gasteiger partial charge < -0.3 is 9.84 Å². The average Bonchev–Trinajstić information content (AvgIpc) is 3.54. The lowest BCUT2D eigenvalue weighted by molar-refractivity contribution is -0.145. The van der Waals surface area contributed by atoms with Crippen LogP contribution in [-0.2, 0) is 27.5 Å². The number of rotatable bonds is 6. The van der Waals surface area contributed by atoms with Crippen LogP contribution in [0.1, 0.15) is 58.8 Å². The van der Waals surface area contributed by atoms with E-state index in [0.717, 1.165) is 28.4 Å². The van der Waals surface area contributed by atoms with Crippen molar-refractivity contribution >= 4 is 21.6 Å². The fourth-order valence-electron chi connectivity index (χ4n) is 5.51. The van der Waals surface area contributed by atoms with Crippen molar-refractivity contribution in [1.29, 1.82) is 0 Å². The molecule has 4 heterocycles. The van der Waals surface area contributed by atoms with E-state index < -0.39 is 51.8 Å². The molecule has 4 aromatic rings. The summed E-state index contributed by atoms with van der Waals surface area (Å²) in [5.74, 6) is -4.11. The Bertz CT molecular complexity index is 1890. The second kappa shape index (κ2) is 9.98. The zero-order valence-corrected chi connectivity index (χ0v) is 23.7. The molecule has 0 amide bonds. The predicted molar refractivity (Wildman–Crippen MR) is 142 cm³/mol. The molecule has 1 aromatic carbocycles. The summed E-state index contributed by atoms with van der Waals surface area (Å²) in [7, 11) is -4.23. The van der Waals surface area contributed by atoms with Crippen molar-refractivity contribution in [3.63, 3.8) is 0 Å². The molecule has 1 unspecified atom stereocenters. The molecule has 1 spiro atoms. The van der Waals surface area contributed by atoms with Gasteiger partial charge in [-0.2, -0.15) is 17.5 Å². The van der Waals surface area contributed by atoms with Gasteiger partial charge >= 0.3 is 12.1 Å². The van der Waals surface area contributed by atoms with E-state index in [-0.39, 0.29) is 29.5 Å². The van der Waals surface area contributed by atoms with E-state index in [4.69, 9.17) is 4.74 Å². The highest BCUT2D eigenvalue weighted by atomic mass is 32.2. The van der Waals surface area contributed by atoms with Gasteiger partial charge in [0.05, 0.1) is 19.2 Å². The first kappa shape index (κ1) is 29.0. The van der Waals surface area contributed by atoms with E-state index in [1.807, 2.05) is 0 Å². The van der Waals surface area contributed by atoms with Crippen molar-refractivity contribution in [2.24, 2.45) is 0 Å². The van der Waals surface area contributed by atoms with Crippen LogP contribution in [0, 0.1) is 19.7 Å². The van der Waals surface area contributed by atoms with Gasteiger partial charge in [-0.25, -0.2) is 17.8 Å². The molecule has 6 rings (SSSR count). The Kier molecular flexibility index (Phi) is 6.73. The summed E-state index contributed by atoms with van der Waals surface area (Å²) < 4.78 is 89.7. The standard InChI is InChI=1S/C28H25F4N5O5S/c1-15-3-4-17(21(11-23(38)39)20-5-8-37-24(16(20)2)34-35-26(37)28(30,31)32)9-18(15)13-36-14-27(6-7-27)42-25-22(43(36,40)41)10-19(29)12-33-25/h3-5,8-10,12,21H,6-7,11,13-14H2,1-2H3,(H,38,39). The Morgan fingerprint density at radius 3 is 2.58 bits per heavy atom. The summed E-state index contributed by atoms with van der Waals surface area (Å²) in [4.78, 5) is 15.5. The number of carboxylic acids is 1. The van der Waals surface area contributed by atoms with Crippen molar-refractivity contribution < 1.29 is 40.6 Å². The maximum Gasteiger partial charge on any atom is 0.452 e. The quantitative estimate of drug-likeness (QED) is 0.310. The van der Waals surface area contributed by atoms with E-state index in [9.17, 15) is 35.9 Å². The molecule has 0 bridgehead atoms. The number of aliphatic carboxylic acids is 1. The first-order chi connectivity index (χ1) is 20.2. The van der Waals surface area contributed by atoms with E-state index in [1.54, 1.807) is 32.0 Å². The Morgan fingerprint density at radius 2 is 1.91 bits per heavy atom. The highest BCUT2D eigenvalue weighted by Crippen LogP contribution is 2.46. The molecular formula is C28H25F4N5O5S. The summed E-state index contributed by atoms with van der Waals surface area (Å²) in [5.41, 5.74) is 1.74. The number of hydrogen-bond donors (Lipinski definition) is 1. The Hall–Kier alpha value is -4.11. The van der Waals surface area contributed by atoms with E-state index in [0.29, 0.717) is 35.1 Å². The third kappa shape index (κ3) is 5.20. The van der Waals surface area contributed by atoms with Crippen LogP contribution in [0.4, 0.5) is 17.6 Å². The van der Waals surface area contributed by atoms with Crippen molar-refractivity contribution in [1.82, 2.24) is 23.9 Å². The van der Waals surface area contributed by atoms with Crippen LogP contribution in [0.15, 0.2) is 47.6 Å². The second-order valence-corrected chi connectivity index (χ2v) is 12.9. The van der Waals surface area contributed by atoms with Crippen molar-refractivity contribution in [2.75, 3.05) is 6.54 Å². The summed E-state index contributed by atoms with van der Waals surface area (Å²) in [6, 6.07) is 7.43. The molecular weight excluding hydrogens is 594 g/mol. The summed E-state index contributed by atoms with van der Waals surface area (Å²) >= 11 is 0. The average molecular weight is 620 g/mol. The van der Waals surface area contributed by atoms with Gasteiger partial charge in [-0.3, -0.25) is 9.20 Å². The van der Waals surface area contributed by atoms with Gasteiger partial charge in [0, 0.05) is 24.7 Å². The van der Waals surface area contributed by atoms with Gasteiger partial charge in [0.1, 0.15) is 16.3 Å². The van der Waals surface area contributed by atoms with Gasteiger partial charge in [0.2, 0.25) is 21.7 Å². The van der Waals surface area contributed by atoms with Gasteiger partial charge in [-0.1, -0.05) is 18.2 Å². The zero-order valence-electron chi connectivity index (χ0n) is 22.9. The molecule has 226 valence electrons. The Morgan fingerprint density at radius 1 is 1.16 bits per heavy atom. The SMILES string of the molecule is Cc1ccc(C(CC(=O)O)c2ccn3c(C(F)(F)F)nnc3c2C)cc1CN1CC2(CC2)Oc2ncc(F)cc2S1(=O)=O. The number of halogens is 4. The monoisotopic (exact) mass is 619 g/mol. The largest absolute Gasteiger partial charge is 0.481 e. The maximum atomic E-state index is 14.1. The molecule has 1 N–H and O–H groups in total. The fourth-order valence-corrected chi connectivity index (χ4v) is 7.08. The summed E-state index contributed by atoms with van der Waals surface area (Å²) in [6.45, 7) is 3.23. The van der Waals surface area contributed by atoms with Crippen LogP contribution in [0.3, 0.4) is 0 Å². The Balaban J connectivity index is 1.40. The lowest BCUT2D eigenvalue weighted by Gasteiger charge is -2.25. The Labute approximate surface area is 243 Å². The van der Waals surface area contributed by atoms with Gasteiger partial charge in [0.15, 0.2) is 5.65 Å². The van der Waals surface area contributed by atoms with E-state index >= 15 is 0 Å². The van der Waals surface area contributed by atoms with Crippen LogP contribution in [0.2, 0.25) is 0 Å². The molecule has 15 heteroatoms. The number of aryl methyl sites for hydroxylation is 2. The lowest BCUT2D eigenvalue weighted by atomic mass is 9.85. The van der Waals surface area contributed by atoms with Crippen LogP contribution in [0.5, 0.6) is 5.88 Å². The van der Waals surface area contributed by atoms with Gasteiger partial charge in [-0.15, -0.1) is 10.2 Å². The number of aromatic nitrogens is 4. The number of ether oxygens (including phenoxy) is 1. The number of carbonyl (C=O) groups is 1.